The van der Waals surface area contributed by atoms with E-state index in [0.29, 0.717) is 5.82 Å². The molecule has 0 atom stereocenters. The fourth-order valence-corrected chi connectivity index (χ4v) is 1.59. The lowest BCUT2D eigenvalue weighted by atomic mass is 10.1. The van der Waals surface area contributed by atoms with Crippen LogP contribution in [0.25, 0.3) is 0 Å². The van der Waals surface area contributed by atoms with Crippen molar-refractivity contribution in [2.45, 2.75) is 33.2 Å². The van der Waals surface area contributed by atoms with Crippen LogP contribution in [0.15, 0.2) is 16.7 Å². The van der Waals surface area contributed by atoms with Gasteiger partial charge < -0.3 is 5.11 Å². The van der Waals surface area contributed by atoms with Crippen LogP contribution in [0.1, 0.15) is 26.3 Å². The number of aryl methyl sites for hydroxylation is 1. The predicted molar refractivity (Wildman–Crippen MR) is 66.9 cm³/mol. The summed E-state index contributed by atoms with van der Waals surface area (Å²) < 4.78 is 0.871. The van der Waals surface area contributed by atoms with Gasteiger partial charge in [-0.25, -0.2) is 9.78 Å². The summed E-state index contributed by atoms with van der Waals surface area (Å²) in [7, 11) is 0. The number of halogens is 1. The van der Waals surface area contributed by atoms with Gasteiger partial charge in [0.25, 0.3) is 0 Å². The maximum absolute atomic E-state index is 11.2. The highest BCUT2D eigenvalue weighted by molar-refractivity contribution is 9.10. The van der Waals surface area contributed by atoms with E-state index in [1.54, 1.807) is 12.3 Å². The molecule has 0 fully saturated rings. The Hall–Kier alpha value is -1.10. The molecule has 0 aliphatic carbocycles. The van der Waals surface area contributed by atoms with Crippen molar-refractivity contribution < 1.29 is 9.90 Å². The third-order valence-corrected chi connectivity index (χ3v) is 2.95. The molecule has 1 N–H and O–H groups in total. The maximum atomic E-state index is 11.2. The van der Waals surface area contributed by atoms with Crippen LogP contribution in [0.4, 0.5) is 10.6 Å². The van der Waals surface area contributed by atoms with E-state index in [-0.39, 0.29) is 0 Å². The molecular formula is C11H15BrN2O2. The summed E-state index contributed by atoms with van der Waals surface area (Å²) in [6.45, 7) is 7.40. The highest BCUT2D eigenvalue weighted by Crippen LogP contribution is 2.25. The van der Waals surface area contributed by atoms with E-state index in [2.05, 4.69) is 20.9 Å². The number of hydrogen-bond acceptors (Lipinski definition) is 2. The first-order valence-corrected chi connectivity index (χ1v) is 5.68. The van der Waals surface area contributed by atoms with Crippen LogP contribution in [0.3, 0.4) is 0 Å². The summed E-state index contributed by atoms with van der Waals surface area (Å²) in [4.78, 5) is 16.6. The van der Waals surface area contributed by atoms with Crippen molar-refractivity contribution in [3.63, 3.8) is 0 Å². The fourth-order valence-electron chi connectivity index (χ4n) is 1.38. The molecule has 0 saturated heterocycles. The van der Waals surface area contributed by atoms with Crippen molar-refractivity contribution in [2.24, 2.45) is 0 Å². The summed E-state index contributed by atoms with van der Waals surface area (Å²) in [5.74, 6) is 0.445. The zero-order valence-electron chi connectivity index (χ0n) is 9.78. The molecule has 1 aromatic rings. The maximum Gasteiger partial charge on any atom is 0.413 e. The minimum atomic E-state index is -0.998. The zero-order valence-corrected chi connectivity index (χ0v) is 11.4. The van der Waals surface area contributed by atoms with Gasteiger partial charge in [0.15, 0.2) is 0 Å². The SMILES string of the molecule is Cc1cc(N(C(=O)O)C(C)(C)C)ncc1Br. The molecule has 5 heteroatoms. The third kappa shape index (κ3) is 2.72. The van der Waals surface area contributed by atoms with Crippen molar-refractivity contribution in [1.82, 2.24) is 4.98 Å². The monoisotopic (exact) mass is 286 g/mol. The number of hydrogen-bond donors (Lipinski definition) is 1. The van der Waals surface area contributed by atoms with Gasteiger partial charge in [-0.05, 0) is 55.3 Å². The molecule has 0 unspecified atom stereocenters. The van der Waals surface area contributed by atoms with Gasteiger partial charge in [-0.2, -0.15) is 0 Å². The topological polar surface area (TPSA) is 53.4 Å². The normalized spacial score (nSPS) is 11.3. The summed E-state index contributed by atoms with van der Waals surface area (Å²) in [5.41, 5.74) is 0.444. The predicted octanol–water partition coefficient (Wildman–Crippen LogP) is 3.44. The molecule has 0 radical (unpaired) electrons. The average molecular weight is 287 g/mol. The first-order chi connectivity index (χ1) is 7.23. The lowest BCUT2D eigenvalue weighted by Crippen LogP contribution is -2.45. The second-order valence-electron chi connectivity index (χ2n) is 4.58. The summed E-state index contributed by atoms with van der Waals surface area (Å²) >= 11 is 3.34. The van der Waals surface area contributed by atoms with E-state index in [1.165, 1.54) is 4.90 Å². The minimum absolute atomic E-state index is 0.445. The number of carboxylic acid groups (broad SMARTS) is 1. The molecule has 1 rings (SSSR count). The molecule has 0 aliphatic heterocycles. The molecule has 1 amide bonds. The van der Waals surface area contributed by atoms with E-state index in [1.807, 2.05) is 27.7 Å². The lowest BCUT2D eigenvalue weighted by Gasteiger charge is -2.32. The Morgan fingerprint density at radius 2 is 2.06 bits per heavy atom. The van der Waals surface area contributed by atoms with Crippen molar-refractivity contribution in [2.75, 3.05) is 4.90 Å². The largest absolute Gasteiger partial charge is 0.465 e. The van der Waals surface area contributed by atoms with Gasteiger partial charge in [0, 0.05) is 16.2 Å². The van der Waals surface area contributed by atoms with Crippen LogP contribution in [0, 0.1) is 6.92 Å². The molecule has 0 bridgehead atoms. The van der Waals surface area contributed by atoms with Gasteiger partial charge in [0.2, 0.25) is 0 Å². The Morgan fingerprint density at radius 1 is 1.50 bits per heavy atom. The van der Waals surface area contributed by atoms with E-state index < -0.39 is 11.6 Å². The molecule has 1 aromatic heterocycles. The summed E-state index contributed by atoms with van der Waals surface area (Å²) in [6, 6.07) is 1.75. The van der Waals surface area contributed by atoms with Gasteiger partial charge in [0.05, 0.1) is 0 Å². The Balaban J connectivity index is 3.22. The van der Waals surface area contributed by atoms with Gasteiger partial charge in [-0.15, -0.1) is 0 Å². The number of amides is 1. The smallest absolute Gasteiger partial charge is 0.413 e. The average Bonchev–Trinajstić information content (AvgIpc) is 2.08. The van der Waals surface area contributed by atoms with Crippen LogP contribution < -0.4 is 4.90 Å². The first-order valence-electron chi connectivity index (χ1n) is 4.89. The van der Waals surface area contributed by atoms with Crippen molar-refractivity contribution in [1.29, 1.82) is 0 Å². The second-order valence-corrected chi connectivity index (χ2v) is 5.43. The van der Waals surface area contributed by atoms with Crippen LogP contribution in [0.2, 0.25) is 0 Å². The Labute approximate surface area is 103 Å². The number of anilines is 1. The third-order valence-electron chi connectivity index (χ3n) is 2.12. The Bertz CT molecular complexity index is 413. The van der Waals surface area contributed by atoms with Gasteiger partial charge in [-0.1, -0.05) is 0 Å². The van der Waals surface area contributed by atoms with E-state index >= 15 is 0 Å². The Kier molecular flexibility index (Phi) is 3.57. The standard InChI is InChI=1S/C11H15BrN2O2/c1-7-5-9(13-6-8(7)12)14(10(15)16)11(2,3)4/h5-6H,1-4H3,(H,15,16). The van der Waals surface area contributed by atoms with Crippen molar-refractivity contribution in [3.8, 4) is 0 Å². The number of aromatic nitrogens is 1. The van der Waals surface area contributed by atoms with Crippen LogP contribution in [-0.4, -0.2) is 21.7 Å². The number of carbonyl (C=O) groups is 1. The Morgan fingerprint density at radius 3 is 2.44 bits per heavy atom. The van der Waals surface area contributed by atoms with Gasteiger partial charge >= 0.3 is 6.09 Å². The number of rotatable bonds is 1. The zero-order chi connectivity index (χ0) is 12.5. The van der Waals surface area contributed by atoms with Crippen molar-refractivity contribution >= 4 is 27.8 Å². The number of pyridine rings is 1. The van der Waals surface area contributed by atoms with Crippen molar-refractivity contribution in [3.05, 3.63) is 22.3 Å². The van der Waals surface area contributed by atoms with Gasteiger partial charge in [-0.3, -0.25) is 4.90 Å². The summed E-state index contributed by atoms with van der Waals surface area (Å²) in [5, 5.41) is 9.20. The molecule has 88 valence electrons. The molecule has 0 aromatic carbocycles. The molecule has 1 heterocycles. The highest BCUT2D eigenvalue weighted by atomic mass is 79.9. The van der Waals surface area contributed by atoms with Crippen LogP contribution >= 0.6 is 15.9 Å². The second kappa shape index (κ2) is 4.41. The summed E-state index contributed by atoms with van der Waals surface area (Å²) in [6.07, 6.45) is 0.619. The van der Waals surface area contributed by atoms with Crippen LogP contribution in [-0.2, 0) is 0 Å². The van der Waals surface area contributed by atoms with E-state index in [4.69, 9.17) is 0 Å². The molecule has 16 heavy (non-hydrogen) atoms. The molecular weight excluding hydrogens is 272 g/mol. The van der Waals surface area contributed by atoms with E-state index in [0.717, 1.165) is 10.0 Å². The fraction of sp³-hybridized carbons (Fsp3) is 0.455. The molecule has 0 aliphatic rings. The molecule has 0 spiro atoms. The minimum Gasteiger partial charge on any atom is -0.465 e. The number of nitrogens with zero attached hydrogens (tertiary/aromatic N) is 2. The van der Waals surface area contributed by atoms with E-state index in [9.17, 15) is 9.90 Å². The van der Waals surface area contributed by atoms with Gasteiger partial charge in [0.1, 0.15) is 5.82 Å². The highest BCUT2D eigenvalue weighted by Gasteiger charge is 2.28. The molecule has 4 nitrogen and oxygen atoms in total. The molecule has 0 saturated carbocycles. The lowest BCUT2D eigenvalue weighted by molar-refractivity contribution is 0.195. The quantitative estimate of drug-likeness (QED) is 0.860. The first kappa shape index (κ1) is 13.0. The van der Waals surface area contributed by atoms with Crippen LogP contribution in [0.5, 0.6) is 0 Å².